The standard InChI is InChI=1S/C12H15N3O/c1-8-14-11-4-3-9(5-12(11)16-8)15(2)10-6-13-7-10/h3-5,10,13H,6-7H2,1-2H3. The summed E-state index contributed by atoms with van der Waals surface area (Å²) in [5, 5.41) is 3.28. The summed E-state index contributed by atoms with van der Waals surface area (Å²) in [5.41, 5.74) is 2.99. The molecule has 0 amide bonds. The zero-order chi connectivity index (χ0) is 11.1. The van der Waals surface area contributed by atoms with E-state index in [9.17, 15) is 0 Å². The van der Waals surface area contributed by atoms with Gasteiger partial charge in [0, 0.05) is 38.8 Å². The lowest BCUT2D eigenvalue weighted by Crippen LogP contribution is -2.56. The van der Waals surface area contributed by atoms with Crippen LogP contribution in [0.4, 0.5) is 5.69 Å². The predicted molar refractivity (Wildman–Crippen MR) is 63.8 cm³/mol. The van der Waals surface area contributed by atoms with Gasteiger partial charge >= 0.3 is 0 Å². The van der Waals surface area contributed by atoms with Crippen LogP contribution in [0.2, 0.25) is 0 Å². The number of fused-ring (bicyclic) bond motifs is 1. The minimum absolute atomic E-state index is 0.599. The highest BCUT2D eigenvalue weighted by Crippen LogP contribution is 2.23. The first-order valence-electron chi connectivity index (χ1n) is 5.55. The molecule has 0 radical (unpaired) electrons. The molecule has 1 N–H and O–H groups in total. The van der Waals surface area contributed by atoms with E-state index in [0.717, 1.165) is 30.1 Å². The van der Waals surface area contributed by atoms with E-state index in [4.69, 9.17) is 4.42 Å². The molecule has 4 nitrogen and oxygen atoms in total. The summed E-state index contributed by atoms with van der Waals surface area (Å²) in [7, 11) is 2.12. The largest absolute Gasteiger partial charge is 0.441 e. The molecule has 2 heterocycles. The number of benzene rings is 1. The maximum Gasteiger partial charge on any atom is 0.192 e. The van der Waals surface area contributed by atoms with Crippen LogP contribution in [-0.2, 0) is 0 Å². The molecule has 3 rings (SSSR count). The molecule has 0 spiro atoms. The molecule has 1 aliphatic heterocycles. The van der Waals surface area contributed by atoms with Crippen molar-refractivity contribution in [3.8, 4) is 0 Å². The van der Waals surface area contributed by atoms with Gasteiger partial charge in [-0.3, -0.25) is 0 Å². The number of nitrogens with one attached hydrogen (secondary N) is 1. The number of anilines is 1. The Morgan fingerprint density at radius 3 is 2.94 bits per heavy atom. The fourth-order valence-corrected chi connectivity index (χ4v) is 2.01. The van der Waals surface area contributed by atoms with Gasteiger partial charge in [0.05, 0.1) is 6.04 Å². The Labute approximate surface area is 94.3 Å². The molecule has 0 aliphatic carbocycles. The van der Waals surface area contributed by atoms with Crippen LogP contribution in [0.1, 0.15) is 5.89 Å². The quantitative estimate of drug-likeness (QED) is 0.828. The van der Waals surface area contributed by atoms with Gasteiger partial charge < -0.3 is 14.6 Å². The zero-order valence-corrected chi connectivity index (χ0v) is 9.53. The number of aryl methyl sites for hydroxylation is 1. The normalized spacial score (nSPS) is 16.4. The first-order valence-corrected chi connectivity index (χ1v) is 5.55. The van der Waals surface area contributed by atoms with Crippen molar-refractivity contribution in [1.82, 2.24) is 10.3 Å². The molecular weight excluding hydrogens is 202 g/mol. The summed E-state index contributed by atoms with van der Waals surface area (Å²) >= 11 is 0. The van der Waals surface area contributed by atoms with Crippen LogP contribution in [0.15, 0.2) is 22.6 Å². The van der Waals surface area contributed by atoms with Crippen molar-refractivity contribution in [2.75, 3.05) is 25.0 Å². The number of aromatic nitrogens is 1. The third-order valence-corrected chi connectivity index (χ3v) is 3.19. The van der Waals surface area contributed by atoms with Crippen molar-refractivity contribution in [3.05, 3.63) is 24.1 Å². The second-order valence-electron chi connectivity index (χ2n) is 4.31. The third-order valence-electron chi connectivity index (χ3n) is 3.19. The molecule has 1 aliphatic rings. The summed E-state index contributed by atoms with van der Waals surface area (Å²) < 4.78 is 5.54. The van der Waals surface area contributed by atoms with Crippen LogP contribution in [0, 0.1) is 6.92 Å². The first kappa shape index (κ1) is 9.66. The molecule has 16 heavy (non-hydrogen) atoms. The fourth-order valence-electron chi connectivity index (χ4n) is 2.01. The molecule has 0 unspecified atom stereocenters. The molecule has 1 aromatic carbocycles. The zero-order valence-electron chi connectivity index (χ0n) is 9.53. The lowest BCUT2D eigenvalue weighted by atomic mass is 10.1. The van der Waals surface area contributed by atoms with Crippen LogP contribution in [-0.4, -0.2) is 31.2 Å². The van der Waals surface area contributed by atoms with Gasteiger partial charge in [-0.15, -0.1) is 0 Å². The van der Waals surface area contributed by atoms with Gasteiger partial charge in [-0.25, -0.2) is 4.98 Å². The van der Waals surface area contributed by atoms with Gasteiger partial charge in [0.15, 0.2) is 11.5 Å². The molecular formula is C12H15N3O. The predicted octanol–water partition coefficient (Wildman–Crippen LogP) is 1.54. The maximum atomic E-state index is 5.54. The minimum atomic E-state index is 0.599. The summed E-state index contributed by atoms with van der Waals surface area (Å²) in [6, 6.07) is 6.78. The average molecular weight is 217 g/mol. The van der Waals surface area contributed by atoms with Crippen molar-refractivity contribution in [1.29, 1.82) is 0 Å². The van der Waals surface area contributed by atoms with Crippen LogP contribution in [0.3, 0.4) is 0 Å². The number of oxazole rings is 1. The lowest BCUT2D eigenvalue weighted by Gasteiger charge is -2.37. The number of hydrogen-bond acceptors (Lipinski definition) is 4. The molecule has 0 saturated carbocycles. The minimum Gasteiger partial charge on any atom is -0.441 e. The first-order chi connectivity index (χ1) is 7.74. The van der Waals surface area contributed by atoms with Crippen molar-refractivity contribution in [2.24, 2.45) is 0 Å². The van der Waals surface area contributed by atoms with E-state index in [1.165, 1.54) is 5.69 Å². The number of nitrogens with zero attached hydrogens (tertiary/aromatic N) is 2. The van der Waals surface area contributed by atoms with E-state index >= 15 is 0 Å². The van der Waals surface area contributed by atoms with E-state index < -0.39 is 0 Å². The van der Waals surface area contributed by atoms with Crippen LogP contribution in [0.25, 0.3) is 11.1 Å². The Morgan fingerprint density at radius 1 is 1.44 bits per heavy atom. The van der Waals surface area contributed by atoms with Gasteiger partial charge in [0.1, 0.15) is 5.52 Å². The Kier molecular flexibility index (Phi) is 2.11. The van der Waals surface area contributed by atoms with E-state index in [1.54, 1.807) is 0 Å². The fraction of sp³-hybridized carbons (Fsp3) is 0.417. The van der Waals surface area contributed by atoms with Gasteiger partial charge in [0.25, 0.3) is 0 Å². The molecule has 84 valence electrons. The highest BCUT2D eigenvalue weighted by molar-refractivity contribution is 5.77. The van der Waals surface area contributed by atoms with Gasteiger partial charge in [0.2, 0.25) is 0 Å². The van der Waals surface area contributed by atoms with Crippen LogP contribution in [0.5, 0.6) is 0 Å². The summed E-state index contributed by atoms with van der Waals surface area (Å²) in [5.74, 6) is 0.722. The highest BCUT2D eigenvalue weighted by Gasteiger charge is 2.22. The van der Waals surface area contributed by atoms with Crippen LogP contribution < -0.4 is 10.2 Å². The molecule has 2 aromatic rings. The number of hydrogen-bond donors (Lipinski definition) is 1. The Balaban J connectivity index is 1.97. The van der Waals surface area contributed by atoms with Crippen molar-refractivity contribution in [2.45, 2.75) is 13.0 Å². The topological polar surface area (TPSA) is 41.3 Å². The summed E-state index contributed by atoms with van der Waals surface area (Å²) in [6.07, 6.45) is 0. The summed E-state index contributed by atoms with van der Waals surface area (Å²) in [4.78, 5) is 6.58. The number of rotatable bonds is 2. The molecule has 4 heteroatoms. The Hall–Kier alpha value is -1.55. The molecule has 1 aromatic heterocycles. The maximum absolute atomic E-state index is 5.54. The van der Waals surface area contributed by atoms with Gasteiger partial charge in [-0.1, -0.05) is 0 Å². The van der Waals surface area contributed by atoms with Crippen molar-refractivity contribution >= 4 is 16.8 Å². The lowest BCUT2D eigenvalue weighted by molar-refractivity contribution is 0.428. The Bertz CT molecular complexity index is 516. The Morgan fingerprint density at radius 2 is 2.25 bits per heavy atom. The van der Waals surface area contributed by atoms with Gasteiger partial charge in [-0.2, -0.15) is 0 Å². The van der Waals surface area contributed by atoms with E-state index in [0.29, 0.717) is 6.04 Å². The molecule has 0 atom stereocenters. The molecule has 1 saturated heterocycles. The van der Waals surface area contributed by atoms with E-state index in [2.05, 4.69) is 34.4 Å². The molecule has 1 fully saturated rings. The van der Waals surface area contributed by atoms with Gasteiger partial charge in [-0.05, 0) is 12.1 Å². The SMILES string of the molecule is Cc1nc2ccc(N(C)C3CNC3)cc2o1. The van der Waals surface area contributed by atoms with E-state index in [-0.39, 0.29) is 0 Å². The molecule has 0 bridgehead atoms. The summed E-state index contributed by atoms with van der Waals surface area (Å²) in [6.45, 7) is 3.99. The van der Waals surface area contributed by atoms with Crippen molar-refractivity contribution < 1.29 is 4.42 Å². The van der Waals surface area contributed by atoms with Crippen molar-refractivity contribution in [3.63, 3.8) is 0 Å². The van der Waals surface area contributed by atoms with Crippen LogP contribution >= 0.6 is 0 Å². The monoisotopic (exact) mass is 217 g/mol. The average Bonchev–Trinajstić information content (AvgIpc) is 2.53. The second-order valence-corrected chi connectivity index (χ2v) is 4.31. The number of likely N-dealkylation sites (N-methyl/N-ethyl adjacent to an activating group) is 1. The third kappa shape index (κ3) is 1.46. The van der Waals surface area contributed by atoms with E-state index in [1.807, 2.05) is 13.0 Å². The highest BCUT2D eigenvalue weighted by atomic mass is 16.3. The smallest absolute Gasteiger partial charge is 0.192 e. The second kappa shape index (κ2) is 3.49.